The molecule has 0 amide bonds. The Morgan fingerprint density at radius 3 is 2.68 bits per heavy atom. The van der Waals surface area contributed by atoms with Crippen LogP contribution in [0.2, 0.25) is 0 Å². The summed E-state index contributed by atoms with van der Waals surface area (Å²) >= 11 is 1.62. The van der Waals surface area contributed by atoms with E-state index in [1.807, 2.05) is 30.3 Å². The monoisotopic (exact) mass is 494 g/mol. The Kier molecular flexibility index (Phi) is 6.70. The van der Waals surface area contributed by atoms with Crippen LogP contribution < -0.4 is 0 Å². The van der Waals surface area contributed by atoms with Crippen molar-refractivity contribution in [2.75, 3.05) is 13.1 Å². The van der Waals surface area contributed by atoms with E-state index in [0.717, 1.165) is 47.4 Å². The molecule has 5 rings (SSSR count). The smallest absolute Gasteiger partial charge is 0.243 e. The minimum Gasteiger partial charge on any atom is -0.316 e. The number of nitrogens with zero attached hydrogens (tertiary/aromatic N) is 4. The number of thioether (sulfide) groups is 1. The number of hydrogen-bond donors (Lipinski definition) is 0. The van der Waals surface area contributed by atoms with Crippen molar-refractivity contribution in [1.82, 2.24) is 13.9 Å². The third kappa shape index (κ3) is 4.49. The van der Waals surface area contributed by atoms with Gasteiger partial charge in [0.05, 0.1) is 27.6 Å². The molecule has 3 aromatic rings. The SMILES string of the molecule is C[C@H]1CCCN(S(=O)(=O)c2ccc3c(c2)nc(SCc2ccccc2C#N)n3C2CCCC2)C1. The topological polar surface area (TPSA) is 79.0 Å². The highest BCUT2D eigenvalue weighted by molar-refractivity contribution is 7.98. The van der Waals surface area contributed by atoms with Crippen LogP contribution in [0.25, 0.3) is 11.0 Å². The second-order valence-electron chi connectivity index (χ2n) is 9.52. The second-order valence-corrected chi connectivity index (χ2v) is 12.4. The Morgan fingerprint density at radius 2 is 1.91 bits per heavy atom. The lowest BCUT2D eigenvalue weighted by Crippen LogP contribution is -2.39. The Morgan fingerprint density at radius 1 is 1.12 bits per heavy atom. The first-order valence-corrected chi connectivity index (χ1v) is 14.5. The molecule has 1 saturated heterocycles. The number of hydrogen-bond acceptors (Lipinski definition) is 5. The van der Waals surface area contributed by atoms with Crippen LogP contribution in [0.4, 0.5) is 0 Å². The van der Waals surface area contributed by atoms with Crippen molar-refractivity contribution >= 4 is 32.8 Å². The minimum absolute atomic E-state index is 0.330. The van der Waals surface area contributed by atoms with E-state index >= 15 is 0 Å². The first-order valence-electron chi connectivity index (χ1n) is 12.1. The van der Waals surface area contributed by atoms with Crippen molar-refractivity contribution in [1.29, 1.82) is 5.26 Å². The lowest BCUT2D eigenvalue weighted by molar-refractivity contribution is 0.281. The zero-order chi connectivity index (χ0) is 23.7. The summed E-state index contributed by atoms with van der Waals surface area (Å²) in [5.41, 5.74) is 3.40. The van der Waals surface area contributed by atoms with Gasteiger partial charge in [-0.25, -0.2) is 13.4 Å². The van der Waals surface area contributed by atoms with E-state index in [4.69, 9.17) is 4.98 Å². The van der Waals surface area contributed by atoms with Crippen LogP contribution in [0.1, 0.15) is 62.6 Å². The van der Waals surface area contributed by atoms with E-state index in [1.165, 1.54) is 12.8 Å². The number of fused-ring (bicyclic) bond motifs is 1. The number of nitriles is 1. The number of sulfonamides is 1. The van der Waals surface area contributed by atoms with Gasteiger partial charge in [0.2, 0.25) is 10.0 Å². The van der Waals surface area contributed by atoms with Gasteiger partial charge in [-0.3, -0.25) is 0 Å². The molecular weight excluding hydrogens is 464 g/mol. The van der Waals surface area contributed by atoms with Gasteiger partial charge < -0.3 is 4.57 Å². The van der Waals surface area contributed by atoms with Gasteiger partial charge >= 0.3 is 0 Å². The molecule has 1 aromatic heterocycles. The van der Waals surface area contributed by atoms with Crippen molar-refractivity contribution in [3.63, 3.8) is 0 Å². The fraction of sp³-hybridized carbons (Fsp3) is 0.462. The van der Waals surface area contributed by atoms with E-state index in [2.05, 4.69) is 17.6 Å². The summed E-state index contributed by atoms with van der Waals surface area (Å²) in [4.78, 5) is 5.25. The molecule has 6 nitrogen and oxygen atoms in total. The zero-order valence-corrected chi connectivity index (χ0v) is 21.1. The van der Waals surface area contributed by atoms with Crippen molar-refractivity contribution < 1.29 is 8.42 Å². The van der Waals surface area contributed by atoms with Crippen LogP contribution in [-0.2, 0) is 15.8 Å². The summed E-state index contributed by atoms with van der Waals surface area (Å²) in [7, 11) is -3.53. The molecule has 1 aliphatic carbocycles. The fourth-order valence-corrected chi connectivity index (χ4v) is 7.95. The van der Waals surface area contributed by atoms with Crippen molar-refractivity contribution in [2.45, 2.75) is 67.3 Å². The Balaban J connectivity index is 1.50. The predicted octanol–water partition coefficient (Wildman–Crippen LogP) is 5.74. The highest BCUT2D eigenvalue weighted by Gasteiger charge is 2.30. The second kappa shape index (κ2) is 9.73. The number of aromatic nitrogens is 2. The van der Waals surface area contributed by atoms with Gasteiger partial charge in [-0.2, -0.15) is 9.57 Å². The summed E-state index contributed by atoms with van der Waals surface area (Å²) in [6, 6.07) is 15.8. The minimum atomic E-state index is -3.53. The van der Waals surface area contributed by atoms with Crippen LogP contribution in [-0.4, -0.2) is 35.4 Å². The summed E-state index contributed by atoms with van der Waals surface area (Å²) in [5, 5.41) is 10.3. The number of benzene rings is 2. The van der Waals surface area contributed by atoms with Crippen LogP contribution in [0.3, 0.4) is 0 Å². The van der Waals surface area contributed by atoms with Crippen LogP contribution >= 0.6 is 11.8 Å². The maximum Gasteiger partial charge on any atom is 0.243 e. The fourth-order valence-electron chi connectivity index (χ4n) is 5.25. The molecule has 1 atom stereocenters. The molecular formula is C26H30N4O2S2. The summed E-state index contributed by atoms with van der Waals surface area (Å²) in [5.74, 6) is 1.03. The van der Waals surface area contributed by atoms with E-state index in [1.54, 1.807) is 28.2 Å². The number of imidazole rings is 1. The average molecular weight is 495 g/mol. The maximum absolute atomic E-state index is 13.4. The molecule has 2 fully saturated rings. The predicted molar refractivity (Wildman–Crippen MR) is 135 cm³/mol. The lowest BCUT2D eigenvalue weighted by atomic mass is 10.0. The zero-order valence-electron chi connectivity index (χ0n) is 19.5. The first-order chi connectivity index (χ1) is 16.5. The summed E-state index contributed by atoms with van der Waals surface area (Å²) in [6.07, 6.45) is 6.60. The third-order valence-corrected chi connectivity index (χ3v) is 9.93. The van der Waals surface area contributed by atoms with Gasteiger partial charge in [-0.15, -0.1) is 0 Å². The molecule has 1 saturated carbocycles. The molecule has 178 valence electrons. The lowest BCUT2D eigenvalue weighted by Gasteiger charge is -2.30. The van der Waals surface area contributed by atoms with Gasteiger partial charge in [-0.05, 0) is 61.4 Å². The largest absolute Gasteiger partial charge is 0.316 e. The molecule has 34 heavy (non-hydrogen) atoms. The molecule has 2 heterocycles. The average Bonchev–Trinajstić information content (AvgIpc) is 3.49. The van der Waals surface area contributed by atoms with E-state index < -0.39 is 10.0 Å². The van der Waals surface area contributed by atoms with Crippen LogP contribution in [0.5, 0.6) is 0 Å². The Labute approximate surface area is 206 Å². The molecule has 0 bridgehead atoms. The normalized spacial score (nSPS) is 20.1. The standard InChI is InChI=1S/C26H30N4O2S2/c1-19-7-6-14-29(17-19)34(31,32)23-12-13-25-24(15-23)28-26(30(25)22-10-4-5-11-22)33-18-21-9-3-2-8-20(21)16-27/h2-3,8-9,12-13,15,19,22H,4-7,10-11,14,17-18H2,1H3/t19-/m0/s1. The van der Waals surface area contributed by atoms with Gasteiger partial charge in [-0.1, -0.05) is 49.7 Å². The number of rotatable bonds is 6. The molecule has 0 spiro atoms. The highest BCUT2D eigenvalue weighted by atomic mass is 32.2. The molecule has 0 radical (unpaired) electrons. The van der Waals surface area contributed by atoms with Gasteiger partial charge in [0.25, 0.3) is 0 Å². The molecule has 0 N–H and O–H groups in total. The van der Waals surface area contributed by atoms with Crippen LogP contribution in [0.15, 0.2) is 52.5 Å². The van der Waals surface area contributed by atoms with Gasteiger partial charge in [0.15, 0.2) is 5.16 Å². The van der Waals surface area contributed by atoms with Gasteiger partial charge in [0, 0.05) is 24.9 Å². The van der Waals surface area contributed by atoms with Gasteiger partial charge in [0.1, 0.15) is 0 Å². The quantitative estimate of drug-likeness (QED) is 0.409. The van der Waals surface area contributed by atoms with E-state index in [9.17, 15) is 13.7 Å². The molecule has 8 heteroatoms. The Bertz CT molecular complexity index is 1340. The van der Waals surface area contributed by atoms with E-state index in [0.29, 0.717) is 41.3 Å². The molecule has 2 aromatic carbocycles. The summed E-state index contributed by atoms with van der Waals surface area (Å²) < 4.78 is 30.7. The van der Waals surface area contributed by atoms with Crippen molar-refractivity contribution in [3.8, 4) is 6.07 Å². The molecule has 1 aliphatic heterocycles. The Hall–Kier alpha value is -2.34. The van der Waals surface area contributed by atoms with Crippen molar-refractivity contribution in [3.05, 3.63) is 53.6 Å². The van der Waals surface area contributed by atoms with Crippen molar-refractivity contribution in [2.24, 2.45) is 5.92 Å². The first kappa shape index (κ1) is 23.4. The molecule has 0 unspecified atom stereocenters. The van der Waals surface area contributed by atoms with E-state index in [-0.39, 0.29) is 0 Å². The number of piperidine rings is 1. The third-order valence-electron chi connectivity index (χ3n) is 7.07. The maximum atomic E-state index is 13.4. The highest BCUT2D eigenvalue weighted by Crippen LogP contribution is 2.38. The summed E-state index contributed by atoms with van der Waals surface area (Å²) in [6.45, 7) is 3.28. The molecule has 2 aliphatic rings. The van der Waals surface area contributed by atoms with Crippen LogP contribution in [0, 0.1) is 17.2 Å².